The Balaban J connectivity index is 2.38. The third kappa shape index (κ3) is 3.61. The summed E-state index contributed by atoms with van der Waals surface area (Å²) in [6.07, 6.45) is -0.422. The fourth-order valence-corrected chi connectivity index (χ4v) is 0.898. The van der Waals surface area contributed by atoms with Crippen molar-refractivity contribution < 1.29 is 14.4 Å². The molecule has 1 N–H and O–H groups in total. The lowest BCUT2D eigenvalue weighted by atomic mass is 10.2. The van der Waals surface area contributed by atoms with Gasteiger partial charge in [-0.15, -0.1) is 0 Å². The molecule has 0 aromatic carbocycles. The summed E-state index contributed by atoms with van der Waals surface area (Å²) >= 11 is 0. The number of amides is 1. The number of hydroxylamine groups is 2. The van der Waals surface area contributed by atoms with E-state index in [1.165, 1.54) is 5.06 Å². The molecule has 0 spiro atoms. The van der Waals surface area contributed by atoms with E-state index in [4.69, 9.17) is 9.57 Å². The highest BCUT2D eigenvalue weighted by molar-refractivity contribution is 5.66. The second kappa shape index (κ2) is 3.93. The molecule has 0 radical (unpaired) electrons. The van der Waals surface area contributed by atoms with Gasteiger partial charge in [0.25, 0.3) is 0 Å². The Morgan fingerprint density at radius 3 is 2.69 bits per heavy atom. The van der Waals surface area contributed by atoms with Crippen LogP contribution >= 0.6 is 0 Å². The number of nitrogens with one attached hydrogen (secondary N) is 1. The first-order chi connectivity index (χ1) is 5.99. The van der Waals surface area contributed by atoms with E-state index in [9.17, 15) is 4.79 Å². The molecule has 76 valence electrons. The molecule has 5 nitrogen and oxygen atoms in total. The van der Waals surface area contributed by atoms with E-state index in [1.54, 1.807) is 0 Å². The molecule has 0 aliphatic carbocycles. The van der Waals surface area contributed by atoms with Gasteiger partial charge in [0.2, 0.25) is 0 Å². The van der Waals surface area contributed by atoms with E-state index in [0.717, 1.165) is 6.54 Å². The van der Waals surface area contributed by atoms with Gasteiger partial charge in [-0.25, -0.2) is 4.79 Å². The first-order valence-electron chi connectivity index (χ1n) is 4.33. The molecule has 1 fully saturated rings. The van der Waals surface area contributed by atoms with Gasteiger partial charge < -0.3 is 4.74 Å². The summed E-state index contributed by atoms with van der Waals surface area (Å²) in [5.41, 5.74) is -0.467. The Hall–Kier alpha value is -0.810. The molecule has 1 rings (SSSR count). The zero-order valence-electron chi connectivity index (χ0n) is 8.29. The van der Waals surface area contributed by atoms with E-state index in [0.29, 0.717) is 13.3 Å². The van der Waals surface area contributed by atoms with Gasteiger partial charge in [0.05, 0.1) is 6.54 Å². The number of hydrogen-bond acceptors (Lipinski definition) is 4. The zero-order chi connectivity index (χ0) is 9.90. The molecule has 1 amide bonds. The van der Waals surface area contributed by atoms with Crippen LogP contribution in [0.3, 0.4) is 0 Å². The van der Waals surface area contributed by atoms with Crippen LogP contribution in [0.15, 0.2) is 0 Å². The van der Waals surface area contributed by atoms with Crippen molar-refractivity contribution in [3.05, 3.63) is 0 Å². The van der Waals surface area contributed by atoms with Crippen LogP contribution in [-0.2, 0) is 9.57 Å². The molecule has 1 aliphatic heterocycles. The molecular weight excluding hydrogens is 172 g/mol. The Bertz CT molecular complexity index is 182. The van der Waals surface area contributed by atoms with Crippen molar-refractivity contribution in [3.8, 4) is 0 Å². The van der Waals surface area contributed by atoms with Gasteiger partial charge in [0, 0.05) is 6.54 Å². The monoisotopic (exact) mass is 188 g/mol. The van der Waals surface area contributed by atoms with E-state index in [2.05, 4.69) is 5.32 Å². The summed E-state index contributed by atoms with van der Waals surface area (Å²) in [7, 11) is 0. The largest absolute Gasteiger partial charge is 0.442 e. The van der Waals surface area contributed by atoms with Crippen molar-refractivity contribution in [3.63, 3.8) is 0 Å². The Kier molecular flexibility index (Phi) is 3.11. The van der Waals surface area contributed by atoms with Crippen LogP contribution < -0.4 is 5.32 Å². The maximum absolute atomic E-state index is 11.4. The molecule has 0 aromatic heterocycles. The quantitative estimate of drug-likeness (QED) is 0.608. The van der Waals surface area contributed by atoms with Crippen LogP contribution in [-0.4, -0.2) is 36.6 Å². The Labute approximate surface area is 77.9 Å². The first kappa shape index (κ1) is 10.3. The maximum Gasteiger partial charge on any atom is 0.434 e. The minimum absolute atomic E-state index is 0.360. The minimum atomic E-state index is -0.467. The van der Waals surface area contributed by atoms with Gasteiger partial charge >= 0.3 is 6.09 Å². The number of carbonyl (C=O) groups excluding carboxylic acids is 1. The standard InChI is InChI=1S/C8H16N2O3/c1-8(2,3)13-7(11)10-5-4-9-6-12-10/h9H,4-6H2,1-3H3. The molecule has 0 unspecified atom stereocenters. The smallest absolute Gasteiger partial charge is 0.434 e. The Morgan fingerprint density at radius 2 is 2.23 bits per heavy atom. The molecule has 0 bridgehead atoms. The van der Waals surface area contributed by atoms with Gasteiger partial charge in [0.15, 0.2) is 0 Å². The number of hydrogen-bond donors (Lipinski definition) is 1. The second-order valence-corrected chi connectivity index (χ2v) is 3.86. The topological polar surface area (TPSA) is 50.8 Å². The van der Waals surface area contributed by atoms with Crippen molar-refractivity contribution in [2.45, 2.75) is 26.4 Å². The second-order valence-electron chi connectivity index (χ2n) is 3.86. The van der Waals surface area contributed by atoms with Crippen LogP contribution in [0.5, 0.6) is 0 Å². The highest BCUT2D eigenvalue weighted by Crippen LogP contribution is 2.10. The highest BCUT2D eigenvalue weighted by atomic mass is 16.7. The van der Waals surface area contributed by atoms with Gasteiger partial charge in [-0.2, -0.15) is 5.06 Å². The van der Waals surface area contributed by atoms with Crippen molar-refractivity contribution >= 4 is 6.09 Å². The van der Waals surface area contributed by atoms with Crippen molar-refractivity contribution in [2.75, 3.05) is 19.8 Å². The average molecular weight is 188 g/mol. The number of ether oxygens (including phenoxy) is 1. The Morgan fingerprint density at radius 1 is 1.54 bits per heavy atom. The van der Waals surface area contributed by atoms with Crippen molar-refractivity contribution in [1.29, 1.82) is 0 Å². The maximum atomic E-state index is 11.4. The fourth-order valence-electron chi connectivity index (χ4n) is 0.898. The van der Waals surface area contributed by atoms with Gasteiger partial charge in [-0.05, 0) is 20.8 Å². The molecule has 1 saturated heterocycles. The highest BCUT2D eigenvalue weighted by Gasteiger charge is 2.24. The van der Waals surface area contributed by atoms with Gasteiger partial charge in [-0.1, -0.05) is 0 Å². The summed E-state index contributed by atoms with van der Waals surface area (Å²) in [5, 5.41) is 4.20. The van der Waals surface area contributed by atoms with Crippen LogP contribution in [0.1, 0.15) is 20.8 Å². The van der Waals surface area contributed by atoms with Crippen molar-refractivity contribution in [1.82, 2.24) is 10.4 Å². The van der Waals surface area contributed by atoms with Gasteiger partial charge in [0.1, 0.15) is 12.3 Å². The number of carbonyl (C=O) groups is 1. The van der Waals surface area contributed by atoms with Gasteiger partial charge in [-0.3, -0.25) is 10.2 Å². The van der Waals surface area contributed by atoms with Crippen LogP contribution in [0.2, 0.25) is 0 Å². The predicted octanol–water partition coefficient (Wildman–Crippen LogP) is 0.716. The summed E-state index contributed by atoms with van der Waals surface area (Å²) in [5.74, 6) is 0. The summed E-state index contributed by atoms with van der Waals surface area (Å²) < 4.78 is 5.11. The summed E-state index contributed by atoms with van der Waals surface area (Å²) in [6, 6.07) is 0. The van der Waals surface area contributed by atoms with E-state index >= 15 is 0 Å². The lowest BCUT2D eigenvalue weighted by Gasteiger charge is -2.29. The molecule has 0 aromatic rings. The van der Waals surface area contributed by atoms with Crippen LogP contribution in [0.4, 0.5) is 4.79 Å². The first-order valence-corrected chi connectivity index (χ1v) is 4.33. The predicted molar refractivity (Wildman–Crippen MR) is 46.9 cm³/mol. The zero-order valence-corrected chi connectivity index (χ0v) is 8.29. The van der Waals surface area contributed by atoms with Crippen LogP contribution in [0, 0.1) is 0 Å². The number of rotatable bonds is 0. The van der Waals surface area contributed by atoms with E-state index in [1.807, 2.05) is 20.8 Å². The lowest BCUT2D eigenvalue weighted by molar-refractivity contribution is -0.169. The third-order valence-corrected chi connectivity index (χ3v) is 1.41. The summed E-state index contributed by atoms with van der Waals surface area (Å²) in [4.78, 5) is 16.4. The summed E-state index contributed by atoms with van der Waals surface area (Å²) in [6.45, 7) is 7.10. The molecule has 1 heterocycles. The molecule has 5 heteroatoms. The molecule has 0 atom stereocenters. The van der Waals surface area contributed by atoms with Crippen molar-refractivity contribution in [2.24, 2.45) is 0 Å². The molecule has 13 heavy (non-hydrogen) atoms. The average Bonchev–Trinajstić information content (AvgIpc) is 2.03. The van der Waals surface area contributed by atoms with E-state index in [-0.39, 0.29) is 0 Å². The fraction of sp³-hybridized carbons (Fsp3) is 0.875. The number of nitrogens with zero attached hydrogens (tertiary/aromatic N) is 1. The SMILES string of the molecule is CC(C)(C)OC(=O)N1CCNCO1. The molecule has 1 aliphatic rings. The lowest BCUT2D eigenvalue weighted by Crippen LogP contribution is -2.46. The molecule has 0 saturated carbocycles. The third-order valence-electron chi connectivity index (χ3n) is 1.41. The van der Waals surface area contributed by atoms with Crippen LogP contribution in [0.25, 0.3) is 0 Å². The molecular formula is C8H16N2O3. The normalized spacial score (nSPS) is 18.5. The minimum Gasteiger partial charge on any atom is -0.442 e. The van der Waals surface area contributed by atoms with E-state index < -0.39 is 11.7 Å².